The quantitative estimate of drug-likeness (QED) is 0.311. The second-order valence-electron chi connectivity index (χ2n) is 6.12. The molecule has 0 aliphatic carbocycles. The molecule has 1 unspecified atom stereocenters. The maximum absolute atomic E-state index is 12.9. The molecule has 152 valence electrons. The van der Waals surface area contributed by atoms with Crippen molar-refractivity contribution in [3.05, 3.63) is 91.4 Å². The molecule has 0 bridgehead atoms. The summed E-state index contributed by atoms with van der Waals surface area (Å²) in [5.74, 6) is -1.19. The van der Waals surface area contributed by atoms with E-state index in [-0.39, 0.29) is 31.8 Å². The minimum Gasteiger partial charge on any atom is -0.506 e. The topological polar surface area (TPSA) is 94.8 Å². The van der Waals surface area contributed by atoms with Crippen LogP contribution < -0.4 is 0 Å². The molecule has 1 atom stereocenters. The van der Waals surface area contributed by atoms with Crippen molar-refractivity contribution in [2.24, 2.45) is 0 Å². The summed E-state index contributed by atoms with van der Waals surface area (Å²) in [6.45, 7) is 0. The van der Waals surface area contributed by atoms with Gasteiger partial charge in [0.15, 0.2) is 4.75 Å². The van der Waals surface area contributed by atoms with E-state index in [1.54, 1.807) is 0 Å². The predicted octanol–water partition coefficient (Wildman–Crippen LogP) is 5.89. The molecular formula is C19H12Cl4O5S. The summed E-state index contributed by atoms with van der Waals surface area (Å²) in [5.41, 5.74) is -0.279. The number of hydrogen-bond donors (Lipinski definition) is 3. The Morgan fingerprint density at radius 3 is 1.76 bits per heavy atom. The smallest absolute Gasteiger partial charge is 0.283 e. The zero-order chi connectivity index (χ0) is 21.6. The van der Waals surface area contributed by atoms with Gasteiger partial charge >= 0.3 is 0 Å². The molecule has 3 aromatic rings. The third-order valence-corrected chi connectivity index (χ3v) is 7.06. The van der Waals surface area contributed by atoms with Gasteiger partial charge in [-0.05, 0) is 53.6 Å². The molecule has 10 heteroatoms. The van der Waals surface area contributed by atoms with Gasteiger partial charge in [0.1, 0.15) is 16.5 Å². The molecule has 0 radical (unpaired) electrons. The lowest BCUT2D eigenvalue weighted by atomic mass is 9.83. The van der Waals surface area contributed by atoms with Crippen LogP contribution in [0.25, 0.3) is 0 Å². The van der Waals surface area contributed by atoms with E-state index in [1.165, 1.54) is 42.5 Å². The lowest BCUT2D eigenvalue weighted by Gasteiger charge is -2.33. The van der Waals surface area contributed by atoms with Crippen LogP contribution in [0.2, 0.25) is 20.1 Å². The summed E-state index contributed by atoms with van der Waals surface area (Å²) in [5, 5.41) is 20.3. The van der Waals surface area contributed by atoms with Crippen molar-refractivity contribution in [3.63, 3.8) is 0 Å². The Balaban J connectivity index is 2.58. The van der Waals surface area contributed by atoms with Gasteiger partial charge < -0.3 is 10.2 Å². The number of phenolic OH excluding ortho intramolecular Hbond substituents is 2. The van der Waals surface area contributed by atoms with Crippen LogP contribution in [0.1, 0.15) is 16.7 Å². The highest BCUT2D eigenvalue weighted by atomic mass is 35.5. The SMILES string of the molecule is O=S(=O)(O)C(c1ccc(Cl)cc1)(c1cc(O)c(Cl)c(O)c1)c1cc(Cl)ccc1Cl. The molecular weight excluding hydrogens is 482 g/mol. The van der Waals surface area contributed by atoms with Gasteiger partial charge in [0.05, 0.1) is 0 Å². The van der Waals surface area contributed by atoms with Gasteiger partial charge in [0.25, 0.3) is 10.1 Å². The summed E-state index contributed by atoms with van der Waals surface area (Å²) in [4.78, 5) is 0. The molecule has 3 rings (SSSR count). The molecule has 0 aliphatic heterocycles. The van der Waals surface area contributed by atoms with E-state index in [4.69, 9.17) is 46.4 Å². The van der Waals surface area contributed by atoms with Crippen LogP contribution in [0.3, 0.4) is 0 Å². The first-order valence-electron chi connectivity index (χ1n) is 7.89. The zero-order valence-corrected chi connectivity index (χ0v) is 18.1. The van der Waals surface area contributed by atoms with Gasteiger partial charge in [-0.2, -0.15) is 8.42 Å². The van der Waals surface area contributed by atoms with Crippen molar-refractivity contribution in [1.82, 2.24) is 0 Å². The Morgan fingerprint density at radius 2 is 1.24 bits per heavy atom. The van der Waals surface area contributed by atoms with E-state index >= 15 is 0 Å². The summed E-state index contributed by atoms with van der Waals surface area (Å²) in [7, 11) is -5.04. The van der Waals surface area contributed by atoms with E-state index in [0.717, 1.165) is 12.1 Å². The first-order chi connectivity index (χ1) is 13.5. The Labute approximate surface area is 186 Å². The molecule has 0 amide bonds. The Morgan fingerprint density at radius 1 is 0.724 bits per heavy atom. The molecule has 5 nitrogen and oxygen atoms in total. The fourth-order valence-electron chi connectivity index (χ4n) is 3.16. The number of halogens is 4. The normalized spacial score (nSPS) is 13.8. The highest BCUT2D eigenvalue weighted by Crippen LogP contribution is 2.49. The maximum Gasteiger partial charge on any atom is 0.283 e. The molecule has 0 saturated carbocycles. The lowest BCUT2D eigenvalue weighted by molar-refractivity contribution is 0.444. The van der Waals surface area contributed by atoms with Crippen molar-refractivity contribution < 1.29 is 23.2 Å². The highest BCUT2D eigenvalue weighted by molar-refractivity contribution is 7.87. The summed E-state index contributed by atoms with van der Waals surface area (Å²) >= 11 is 24.1. The molecule has 3 aromatic carbocycles. The minimum atomic E-state index is -5.04. The van der Waals surface area contributed by atoms with Gasteiger partial charge in [-0.1, -0.05) is 58.5 Å². The van der Waals surface area contributed by atoms with Crippen molar-refractivity contribution >= 4 is 56.5 Å². The Hall–Kier alpha value is -1.67. The summed E-state index contributed by atoms with van der Waals surface area (Å²) in [6, 6.07) is 11.7. The molecule has 0 saturated heterocycles. The second-order valence-corrected chi connectivity index (χ2v) is 9.34. The molecule has 0 heterocycles. The largest absolute Gasteiger partial charge is 0.506 e. The molecule has 0 aromatic heterocycles. The van der Waals surface area contributed by atoms with Gasteiger partial charge in [-0.3, -0.25) is 4.55 Å². The first-order valence-corrected chi connectivity index (χ1v) is 10.8. The van der Waals surface area contributed by atoms with Crippen molar-refractivity contribution in [3.8, 4) is 11.5 Å². The number of phenols is 2. The van der Waals surface area contributed by atoms with E-state index in [1.807, 2.05) is 0 Å². The fraction of sp³-hybridized carbons (Fsp3) is 0.0526. The van der Waals surface area contributed by atoms with Crippen molar-refractivity contribution in [2.45, 2.75) is 4.75 Å². The number of hydrogen-bond acceptors (Lipinski definition) is 4. The molecule has 3 N–H and O–H groups in total. The Kier molecular flexibility index (Phi) is 5.98. The monoisotopic (exact) mass is 492 g/mol. The fourth-order valence-corrected chi connectivity index (χ4v) is 5.18. The molecule has 0 fully saturated rings. The summed E-state index contributed by atoms with van der Waals surface area (Å²) < 4.78 is 34.0. The first kappa shape index (κ1) is 22.0. The van der Waals surface area contributed by atoms with Crippen LogP contribution in [0.15, 0.2) is 54.6 Å². The second kappa shape index (κ2) is 7.87. The maximum atomic E-state index is 12.9. The Bertz CT molecular complexity index is 1170. The third kappa shape index (κ3) is 3.77. The standard InChI is InChI=1S/C19H12Cl4O5S/c20-12-3-1-10(2-4-12)19(29(26,27)28,14-9-13(21)5-6-15(14)22)11-7-16(24)18(23)17(25)8-11/h1-9,24-25H,(H,26,27,28). The minimum absolute atomic E-state index is 0.0316. The number of benzene rings is 3. The van der Waals surface area contributed by atoms with Crippen LogP contribution in [0, 0.1) is 0 Å². The summed E-state index contributed by atoms with van der Waals surface area (Å²) in [6.07, 6.45) is 0. The molecule has 0 aliphatic rings. The van der Waals surface area contributed by atoms with Gasteiger partial charge in [0.2, 0.25) is 0 Å². The molecule has 0 spiro atoms. The van der Waals surface area contributed by atoms with E-state index in [9.17, 15) is 23.2 Å². The van der Waals surface area contributed by atoms with Crippen LogP contribution in [0.4, 0.5) is 0 Å². The van der Waals surface area contributed by atoms with Gasteiger partial charge in [0, 0.05) is 20.6 Å². The van der Waals surface area contributed by atoms with E-state index < -0.39 is 26.4 Å². The van der Waals surface area contributed by atoms with E-state index in [2.05, 4.69) is 0 Å². The van der Waals surface area contributed by atoms with Crippen molar-refractivity contribution in [2.75, 3.05) is 0 Å². The van der Waals surface area contributed by atoms with Gasteiger partial charge in [-0.15, -0.1) is 0 Å². The average Bonchev–Trinajstić information content (AvgIpc) is 2.63. The number of aromatic hydroxyl groups is 2. The van der Waals surface area contributed by atoms with Gasteiger partial charge in [-0.25, -0.2) is 0 Å². The van der Waals surface area contributed by atoms with Crippen LogP contribution >= 0.6 is 46.4 Å². The van der Waals surface area contributed by atoms with Crippen LogP contribution in [-0.4, -0.2) is 23.2 Å². The van der Waals surface area contributed by atoms with Crippen molar-refractivity contribution in [1.29, 1.82) is 0 Å². The average molecular weight is 494 g/mol. The van der Waals surface area contributed by atoms with Crippen LogP contribution in [0.5, 0.6) is 11.5 Å². The predicted molar refractivity (Wildman–Crippen MR) is 114 cm³/mol. The lowest BCUT2D eigenvalue weighted by Crippen LogP contribution is -2.38. The third-order valence-electron chi connectivity index (χ3n) is 4.39. The zero-order valence-electron chi connectivity index (χ0n) is 14.3. The van der Waals surface area contributed by atoms with Crippen LogP contribution in [-0.2, 0) is 14.9 Å². The number of rotatable bonds is 4. The highest BCUT2D eigenvalue weighted by Gasteiger charge is 2.50. The van der Waals surface area contributed by atoms with E-state index in [0.29, 0.717) is 5.02 Å². The molecule has 29 heavy (non-hydrogen) atoms.